The van der Waals surface area contributed by atoms with Crippen molar-refractivity contribution in [3.8, 4) is 0 Å². The third kappa shape index (κ3) is 4.84. The van der Waals surface area contributed by atoms with E-state index in [1.54, 1.807) is 0 Å². The summed E-state index contributed by atoms with van der Waals surface area (Å²) < 4.78 is 5.93. The molecule has 1 aromatic heterocycles. The summed E-state index contributed by atoms with van der Waals surface area (Å²) in [5.41, 5.74) is 2.42. The van der Waals surface area contributed by atoms with Gasteiger partial charge in [-0.05, 0) is 32.1 Å². The Morgan fingerprint density at radius 1 is 1.21 bits per heavy atom. The van der Waals surface area contributed by atoms with E-state index in [1.807, 2.05) is 26.4 Å². The number of rotatable bonds is 6. The molecule has 1 aliphatic heterocycles. The molecule has 3 rings (SSSR count). The molecule has 24 heavy (non-hydrogen) atoms. The van der Waals surface area contributed by atoms with E-state index in [0.717, 1.165) is 50.7 Å². The first-order chi connectivity index (χ1) is 11.7. The van der Waals surface area contributed by atoms with Crippen LogP contribution in [0.1, 0.15) is 23.2 Å². The molecule has 1 unspecified atom stereocenters. The van der Waals surface area contributed by atoms with E-state index in [4.69, 9.17) is 4.74 Å². The minimum absolute atomic E-state index is 0.0309. The molecule has 0 amide bonds. The fourth-order valence-corrected chi connectivity index (χ4v) is 2.97. The lowest BCUT2D eigenvalue weighted by Crippen LogP contribution is -2.40. The van der Waals surface area contributed by atoms with Crippen LogP contribution < -0.4 is 0 Å². The van der Waals surface area contributed by atoms with E-state index in [0.29, 0.717) is 0 Å². The summed E-state index contributed by atoms with van der Waals surface area (Å²) in [6.45, 7) is 4.43. The summed E-state index contributed by atoms with van der Waals surface area (Å²) in [7, 11) is 4.09. The highest BCUT2D eigenvalue weighted by Crippen LogP contribution is 2.19. The van der Waals surface area contributed by atoms with Crippen molar-refractivity contribution in [2.24, 2.45) is 0 Å². The van der Waals surface area contributed by atoms with E-state index >= 15 is 0 Å². The monoisotopic (exact) mass is 326 g/mol. The largest absolute Gasteiger partial charge is 0.368 e. The fraction of sp³-hybridized carbons (Fsp3) is 0.474. The van der Waals surface area contributed by atoms with E-state index < -0.39 is 0 Å². The maximum absolute atomic E-state index is 5.93. The second-order valence-corrected chi connectivity index (χ2v) is 6.54. The Bertz CT molecular complexity index is 632. The maximum atomic E-state index is 5.93. The SMILES string of the molecule is CN(C)Cc1ccnc(C2CN(CCc3ccccc3)CCO2)n1. The van der Waals surface area contributed by atoms with Crippen molar-refractivity contribution >= 4 is 0 Å². The lowest BCUT2D eigenvalue weighted by Gasteiger charge is -2.32. The van der Waals surface area contributed by atoms with E-state index in [-0.39, 0.29) is 6.10 Å². The minimum atomic E-state index is -0.0309. The normalized spacial score (nSPS) is 18.9. The van der Waals surface area contributed by atoms with Gasteiger partial charge in [-0.25, -0.2) is 9.97 Å². The van der Waals surface area contributed by atoms with Crippen LogP contribution in [0.4, 0.5) is 0 Å². The first-order valence-electron chi connectivity index (χ1n) is 8.55. The predicted octanol–water partition coefficient (Wildman–Crippen LogP) is 2.15. The predicted molar refractivity (Wildman–Crippen MR) is 94.7 cm³/mol. The van der Waals surface area contributed by atoms with Crippen LogP contribution >= 0.6 is 0 Å². The smallest absolute Gasteiger partial charge is 0.158 e. The van der Waals surface area contributed by atoms with Gasteiger partial charge in [0.25, 0.3) is 0 Å². The van der Waals surface area contributed by atoms with Gasteiger partial charge in [-0.3, -0.25) is 4.90 Å². The molecule has 2 aromatic rings. The summed E-state index contributed by atoms with van der Waals surface area (Å²) in [5.74, 6) is 0.804. The molecule has 1 fully saturated rings. The second kappa shape index (κ2) is 8.33. The van der Waals surface area contributed by atoms with Gasteiger partial charge in [0.15, 0.2) is 5.82 Å². The highest BCUT2D eigenvalue weighted by Gasteiger charge is 2.24. The number of hydrogen-bond donors (Lipinski definition) is 0. The highest BCUT2D eigenvalue weighted by molar-refractivity contribution is 5.15. The van der Waals surface area contributed by atoms with Crippen molar-refractivity contribution in [1.82, 2.24) is 19.8 Å². The zero-order chi connectivity index (χ0) is 16.8. The van der Waals surface area contributed by atoms with Crippen molar-refractivity contribution in [3.63, 3.8) is 0 Å². The lowest BCUT2D eigenvalue weighted by molar-refractivity contribution is -0.0340. The average molecular weight is 326 g/mol. The Balaban J connectivity index is 1.59. The number of nitrogens with zero attached hydrogens (tertiary/aromatic N) is 4. The molecule has 1 aromatic carbocycles. The van der Waals surface area contributed by atoms with Crippen LogP contribution in [0.2, 0.25) is 0 Å². The summed E-state index contributed by atoms with van der Waals surface area (Å²) in [5, 5.41) is 0. The topological polar surface area (TPSA) is 41.5 Å². The van der Waals surface area contributed by atoms with Crippen molar-refractivity contribution in [2.75, 3.05) is 40.3 Å². The van der Waals surface area contributed by atoms with Crippen LogP contribution in [0.3, 0.4) is 0 Å². The van der Waals surface area contributed by atoms with Crippen molar-refractivity contribution in [1.29, 1.82) is 0 Å². The van der Waals surface area contributed by atoms with Gasteiger partial charge in [-0.2, -0.15) is 0 Å². The van der Waals surface area contributed by atoms with E-state index in [2.05, 4.69) is 50.1 Å². The summed E-state index contributed by atoms with van der Waals surface area (Å²) in [6.07, 6.45) is 2.87. The fourth-order valence-electron chi connectivity index (χ4n) is 2.97. The third-order valence-electron chi connectivity index (χ3n) is 4.21. The van der Waals surface area contributed by atoms with Crippen molar-refractivity contribution < 1.29 is 4.74 Å². The Morgan fingerprint density at radius 3 is 2.83 bits per heavy atom. The highest BCUT2D eigenvalue weighted by atomic mass is 16.5. The molecule has 128 valence electrons. The van der Waals surface area contributed by atoms with Gasteiger partial charge >= 0.3 is 0 Å². The summed E-state index contributed by atoms with van der Waals surface area (Å²) in [4.78, 5) is 13.7. The zero-order valence-corrected chi connectivity index (χ0v) is 14.6. The summed E-state index contributed by atoms with van der Waals surface area (Å²) >= 11 is 0. The van der Waals surface area contributed by atoms with Gasteiger partial charge < -0.3 is 9.64 Å². The van der Waals surface area contributed by atoms with E-state index in [9.17, 15) is 0 Å². The number of benzene rings is 1. The standard InChI is InChI=1S/C19H26N4O/c1-22(2)14-17-8-10-20-19(21-17)18-15-23(12-13-24-18)11-9-16-6-4-3-5-7-16/h3-8,10,18H,9,11-15H2,1-2H3. The Kier molecular flexibility index (Phi) is 5.91. The third-order valence-corrected chi connectivity index (χ3v) is 4.21. The molecule has 1 saturated heterocycles. The molecule has 0 saturated carbocycles. The van der Waals surface area contributed by atoms with Gasteiger partial charge in [-0.1, -0.05) is 30.3 Å². The van der Waals surface area contributed by atoms with Crippen LogP contribution in [-0.4, -0.2) is 60.1 Å². The average Bonchev–Trinajstić information content (AvgIpc) is 2.61. The van der Waals surface area contributed by atoms with Crippen LogP contribution in [-0.2, 0) is 17.7 Å². The minimum Gasteiger partial charge on any atom is -0.368 e. The number of aromatic nitrogens is 2. The Hall–Kier alpha value is -1.82. The van der Waals surface area contributed by atoms with Crippen LogP contribution in [0, 0.1) is 0 Å². The van der Waals surface area contributed by atoms with Gasteiger partial charge in [0.2, 0.25) is 0 Å². The lowest BCUT2D eigenvalue weighted by atomic mass is 10.1. The van der Waals surface area contributed by atoms with Crippen LogP contribution in [0.5, 0.6) is 0 Å². The first kappa shape index (κ1) is 17.0. The molecule has 1 aliphatic rings. The molecule has 1 atom stereocenters. The quantitative estimate of drug-likeness (QED) is 0.814. The Labute approximate surface area is 144 Å². The number of ether oxygens (including phenoxy) is 1. The van der Waals surface area contributed by atoms with Crippen LogP contribution in [0.25, 0.3) is 0 Å². The first-order valence-corrected chi connectivity index (χ1v) is 8.55. The second-order valence-electron chi connectivity index (χ2n) is 6.54. The molecule has 0 bridgehead atoms. The maximum Gasteiger partial charge on any atom is 0.158 e. The van der Waals surface area contributed by atoms with Crippen molar-refractivity contribution in [3.05, 3.63) is 59.7 Å². The number of hydrogen-bond acceptors (Lipinski definition) is 5. The van der Waals surface area contributed by atoms with Gasteiger partial charge in [0.05, 0.1) is 12.3 Å². The molecule has 0 radical (unpaired) electrons. The van der Waals surface area contributed by atoms with Crippen molar-refractivity contribution in [2.45, 2.75) is 19.1 Å². The molecule has 0 spiro atoms. The molecule has 2 heterocycles. The summed E-state index contributed by atoms with van der Waals surface area (Å²) in [6, 6.07) is 12.6. The van der Waals surface area contributed by atoms with Gasteiger partial charge in [-0.15, -0.1) is 0 Å². The van der Waals surface area contributed by atoms with Crippen LogP contribution in [0.15, 0.2) is 42.6 Å². The Morgan fingerprint density at radius 2 is 2.04 bits per heavy atom. The molecule has 0 aliphatic carbocycles. The number of morpholine rings is 1. The molecule has 5 nitrogen and oxygen atoms in total. The molecule has 0 N–H and O–H groups in total. The van der Waals surface area contributed by atoms with Gasteiger partial charge in [0, 0.05) is 32.4 Å². The molecule has 5 heteroatoms. The zero-order valence-electron chi connectivity index (χ0n) is 14.6. The molecular weight excluding hydrogens is 300 g/mol. The van der Waals surface area contributed by atoms with Gasteiger partial charge in [0.1, 0.15) is 6.10 Å². The molecular formula is C19H26N4O. The van der Waals surface area contributed by atoms with E-state index in [1.165, 1.54) is 5.56 Å².